The van der Waals surface area contributed by atoms with Crippen LogP contribution in [0.3, 0.4) is 0 Å². The summed E-state index contributed by atoms with van der Waals surface area (Å²) >= 11 is 5.86. The van der Waals surface area contributed by atoms with Crippen LogP contribution in [0.5, 0.6) is 5.88 Å². The van der Waals surface area contributed by atoms with Gasteiger partial charge in [-0.2, -0.15) is 10.1 Å². The number of aryl methyl sites for hydroxylation is 2. The average Bonchev–Trinajstić information content (AvgIpc) is 3.10. The molecule has 0 saturated heterocycles. The number of hydrogen-bond acceptors (Lipinski definition) is 8. The molecule has 0 spiro atoms. The fraction of sp³-hybridized carbons (Fsp3) is 0.158. The predicted octanol–water partition coefficient (Wildman–Crippen LogP) is -0.385. The van der Waals surface area contributed by atoms with Gasteiger partial charge >= 0.3 is 11.4 Å². The molecule has 3 heterocycles. The van der Waals surface area contributed by atoms with E-state index in [1.54, 1.807) is 7.05 Å². The van der Waals surface area contributed by atoms with Crippen molar-refractivity contribution < 1.29 is 5.11 Å². The highest BCUT2D eigenvalue weighted by atomic mass is 35.5. The van der Waals surface area contributed by atoms with Gasteiger partial charge in [-0.25, -0.2) is 19.6 Å². The van der Waals surface area contributed by atoms with Crippen LogP contribution in [0.2, 0.25) is 5.02 Å². The number of hydrazone groups is 1. The predicted molar refractivity (Wildman–Crippen MR) is 122 cm³/mol. The molecule has 14 heteroatoms. The number of imidazole rings is 1. The van der Waals surface area contributed by atoms with E-state index in [0.29, 0.717) is 5.02 Å². The maximum atomic E-state index is 12.4. The van der Waals surface area contributed by atoms with E-state index in [1.165, 1.54) is 47.5 Å². The summed E-state index contributed by atoms with van der Waals surface area (Å²) in [6.07, 6.45) is 0.997. The molecule has 0 aliphatic heterocycles. The number of halogens is 1. The van der Waals surface area contributed by atoms with Gasteiger partial charge in [0.25, 0.3) is 11.1 Å². The lowest BCUT2D eigenvalue weighted by Gasteiger charge is -2.09. The highest BCUT2D eigenvalue weighted by Gasteiger charge is 2.17. The molecule has 3 aromatic heterocycles. The molecule has 33 heavy (non-hydrogen) atoms. The first-order valence-electron chi connectivity index (χ1n) is 9.37. The highest BCUT2D eigenvalue weighted by molar-refractivity contribution is 6.30. The van der Waals surface area contributed by atoms with Crippen molar-refractivity contribution in [2.45, 2.75) is 0 Å². The minimum Gasteiger partial charge on any atom is -0.493 e. The Morgan fingerprint density at radius 1 is 1.06 bits per heavy atom. The Kier molecular flexibility index (Phi) is 5.25. The third-order valence-electron chi connectivity index (χ3n) is 5.04. The zero-order chi connectivity index (χ0) is 24.0. The Balaban J connectivity index is 1.75. The van der Waals surface area contributed by atoms with Crippen LogP contribution in [0.4, 0.5) is 5.95 Å². The van der Waals surface area contributed by atoms with Gasteiger partial charge in [0, 0.05) is 26.2 Å². The fourth-order valence-electron chi connectivity index (χ4n) is 3.26. The van der Waals surface area contributed by atoms with Gasteiger partial charge < -0.3 is 9.67 Å². The first-order valence-corrected chi connectivity index (χ1v) is 9.75. The van der Waals surface area contributed by atoms with Crippen LogP contribution in [-0.4, -0.2) is 39.6 Å². The second-order valence-electron chi connectivity index (χ2n) is 7.05. The summed E-state index contributed by atoms with van der Waals surface area (Å²) in [6.45, 7) is 0. The third kappa shape index (κ3) is 3.53. The van der Waals surface area contributed by atoms with E-state index in [-0.39, 0.29) is 28.4 Å². The van der Waals surface area contributed by atoms with E-state index in [0.717, 1.165) is 15.3 Å². The second kappa shape index (κ2) is 7.94. The van der Waals surface area contributed by atoms with Crippen LogP contribution in [0, 0.1) is 0 Å². The molecular weight excluding hydrogens is 456 g/mol. The Labute approximate surface area is 188 Å². The molecule has 0 unspecified atom stereocenters. The lowest BCUT2D eigenvalue weighted by molar-refractivity contribution is 0.430. The maximum absolute atomic E-state index is 12.4. The smallest absolute Gasteiger partial charge is 0.335 e. The molecule has 0 radical (unpaired) electrons. The number of rotatable bonds is 4. The summed E-state index contributed by atoms with van der Waals surface area (Å²) in [5.74, 6) is -0.542. The molecule has 0 atom stereocenters. The summed E-state index contributed by atoms with van der Waals surface area (Å²) in [7, 11) is 4.37. The number of aromatic nitrogens is 6. The molecule has 0 saturated carbocycles. The topological polar surface area (TPSA) is 161 Å². The zero-order valence-corrected chi connectivity index (χ0v) is 18.3. The van der Waals surface area contributed by atoms with Gasteiger partial charge in [0.1, 0.15) is 5.56 Å². The van der Waals surface area contributed by atoms with E-state index >= 15 is 0 Å². The van der Waals surface area contributed by atoms with Crippen molar-refractivity contribution in [2.24, 2.45) is 26.2 Å². The van der Waals surface area contributed by atoms with Crippen molar-refractivity contribution in [2.75, 3.05) is 5.43 Å². The fourth-order valence-corrected chi connectivity index (χ4v) is 3.38. The molecule has 0 bridgehead atoms. The molecule has 170 valence electrons. The van der Waals surface area contributed by atoms with Crippen molar-refractivity contribution in [3.05, 3.63) is 76.5 Å². The first kappa shape index (κ1) is 21.8. The molecule has 13 nitrogen and oxygen atoms in total. The molecule has 1 aromatic carbocycles. The van der Waals surface area contributed by atoms with Crippen LogP contribution in [0.25, 0.3) is 16.9 Å². The number of nitrogens with zero attached hydrogens (tertiary/aromatic N) is 6. The number of aromatic hydroxyl groups is 1. The van der Waals surface area contributed by atoms with Crippen LogP contribution >= 0.6 is 11.6 Å². The van der Waals surface area contributed by atoms with E-state index in [9.17, 15) is 24.3 Å². The number of benzene rings is 1. The number of anilines is 1. The molecule has 0 aliphatic rings. The van der Waals surface area contributed by atoms with Gasteiger partial charge in [0.05, 0.1) is 11.9 Å². The average molecular weight is 473 g/mol. The molecule has 0 amide bonds. The molecule has 3 N–H and O–H groups in total. The zero-order valence-electron chi connectivity index (χ0n) is 17.5. The number of nitrogens with one attached hydrogen (secondary N) is 2. The summed E-state index contributed by atoms with van der Waals surface area (Å²) in [5.41, 5.74) is 0.0403. The van der Waals surface area contributed by atoms with Crippen LogP contribution in [0.15, 0.2) is 48.5 Å². The van der Waals surface area contributed by atoms with E-state index in [4.69, 9.17) is 11.6 Å². The number of hydrogen-bond donors (Lipinski definition) is 3. The normalized spacial score (nSPS) is 11.5. The first-order chi connectivity index (χ1) is 15.6. The monoisotopic (exact) mass is 472 g/mol. The van der Waals surface area contributed by atoms with Gasteiger partial charge in [0.2, 0.25) is 11.8 Å². The Morgan fingerprint density at radius 2 is 1.73 bits per heavy atom. The summed E-state index contributed by atoms with van der Waals surface area (Å²) in [6, 6.07) is 6.02. The summed E-state index contributed by atoms with van der Waals surface area (Å²) in [5, 5.41) is 14.9. The van der Waals surface area contributed by atoms with Crippen molar-refractivity contribution in [3.63, 3.8) is 0 Å². The van der Waals surface area contributed by atoms with E-state index < -0.39 is 28.4 Å². The van der Waals surface area contributed by atoms with Gasteiger partial charge in [-0.15, -0.1) is 0 Å². The number of H-pyrrole nitrogens is 1. The van der Waals surface area contributed by atoms with Crippen molar-refractivity contribution in [1.29, 1.82) is 0 Å². The van der Waals surface area contributed by atoms with Crippen molar-refractivity contribution in [3.8, 4) is 11.6 Å². The van der Waals surface area contributed by atoms with Crippen LogP contribution < -0.4 is 27.9 Å². The van der Waals surface area contributed by atoms with E-state index in [2.05, 4.69) is 20.5 Å². The molecule has 4 aromatic rings. The Bertz CT molecular complexity index is 1670. The number of fused-ring (bicyclic) bond motifs is 1. The lowest BCUT2D eigenvalue weighted by atomic mass is 10.3. The minimum atomic E-state index is -0.866. The SMILES string of the molecule is Cn1c(=O)c2c(nc(NN=Cc3c(O)n(-c4ccc(Cl)cc4)c(=O)[nH]c3=O)n2C)n(C)c1=O. The summed E-state index contributed by atoms with van der Waals surface area (Å²) < 4.78 is 4.44. The standard InChI is InChI=1S/C19H17ClN8O5/c1-25-12-13(26(2)19(33)27(3)16(12)31)22-17(25)24-21-8-11-14(29)23-18(32)28(15(11)30)10-6-4-9(20)5-7-10/h4-8,30H,1-3H3,(H,22,24)(H,23,29,32). The van der Waals surface area contributed by atoms with E-state index in [1.807, 2.05) is 0 Å². The Hall–Kier alpha value is -4.39. The molecule has 0 fully saturated rings. The van der Waals surface area contributed by atoms with Crippen molar-refractivity contribution >= 4 is 34.9 Å². The number of aromatic amines is 1. The third-order valence-corrected chi connectivity index (χ3v) is 5.29. The van der Waals surface area contributed by atoms with Gasteiger partial charge in [-0.1, -0.05) is 11.6 Å². The van der Waals surface area contributed by atoms with Crippen molar-refractivity contribution in [1.82, 2.24) is 28.2 Å². The quantitative estimate of drug-likeness (QED) is 0.269. The van der Waals surface area contributed by atoms with Gasteiger partial charge in [-0.3, -0.25) is 23.7 Å². The largest absolute Gasteiger partial charge is 0.493 e. The maximum Gasteiger partial charge on any atom is 0.335 e. The Morgan fingerprint density at radius 3 is 2.39 bits per heavy atom. The molecular formula is C19H17ClN8O5. The molecule has 0 aliphatic carbocycles. The lowest BCUT2D eigenvalue weighted by Crippen LogP contribution is -2.37. The van der Waals surface area contributed by atoms with Crippen LogP contribution in [0.1, 0.15) is 5.56 Å². The summed E-state index contributed by atoms with van der Waals surface area (Å²) in [4.78, 5) is 55.4. The highest BCUT2D eigenvalue weighted by Crippen LogP contribution is 2.18. The molecule has 4 rings (SSSR count). The van der Waals surface area contributed by atoms with Crippen LogP contribution in [-0.2, 0) is 21.1 Å². The minimum absolute atomic E-state index is 0.0986. The van der Waals surface area contributed by atoms with Gasteiger partial charge in [0.15, 0.2) is 11.2 Å². The second-order valence-corrected chi connectivity index (χ2v) is 7.49. The van der Waals surface area contributed by atoms with Gasteiger partial charge in [-0.05, 0) is 24.3 Å².